The van der Waals surface area contributed by atoms with Gasteiger partial charge in [-0.15, -0.1) is 0 Å². The molecule has 2 atom stereocenters. The van der Waals surface area contributed by atoms with Crippen molar-refractivity contribution in [1.82, 2.24) is 9.78 Å². The Morgan fingerprint density at radius 2 is 2.22 bits per heavy atom. The highest BCUT2D eigenvalue weighted by molar-refractivity contribution is 5.57. The molecule has 1 heterocycles. The van der Waals surface area contributed by atoms with Crippen molar-refractivity contribution in [2.45, 2.75) is 51.2 Å². The molecule has 1 aliphatic carbocycles. The first-order chi connectivity index (χ1) is 8.43. The summed E-state index contributed by atoms with van der Waals surface area (Å²) in [6, 6.07) is -0.240. The standard InChI is InChI=1S/C11H18N4O3/c1-6(2)9-10(15(17)18)11(12)14(13-9)7-4-3-5-8(7)16/h6-8,16H,3-5,12H2,1-2H3. The van der Waals surface area contributed by atoms with Crippen LogP contribution in [0, 0.1) is 10.1 Å². The van der Waals surface area contributed by atoms with E-state index < -0.39 is 11.0 Å². The number of nitro groups is 1. The molecule has 0 amide bonds. The molecule has 2 unspecified atom stereocenters. The van der Waals surface area contributed by atoms with E-state index in [9.17, 15) is 15.2 Å². The van der Waals surface area contributed by atoms with Crippen LogP contribution in [0.5, 0.6) is 0 Å². The lowest BCUT2D eigenvalue weighted by molar-refractivity contribution is -0.384. The Morgan fingerprint density at radius 3 is 2.61 bits per heavy atom. The third kappa shape index (κ3) is 1.94. The summed E-state index contributed by atoms with van der Waals surface area (Å²) in [7, 11) is 0. The Labute approximate surface area is 105 Å². The summed E-state index contributed by atoms with van der Waals surface area (Å²) < 4.78 is 1.44. The number of aliphatic hydroxyl groups excluding tert-OH is 1. The van der Waals surface area contributed by atoms with Crippen LogP contribution in [0.4, 0.5) is 11.5 Å². The van der Waals surface area contributed by atoms with E-state index in [1.807, 2.05) is 13.8 Å². The molecule has 100 valence electrons. The zero-order chi connectivity index (χ0) is 13.4. The van der Waals surface area contributed by atoms with Crippen LogP contribution >= 0.6 is 0 Å². The van der Waals surface area contributed by atoms with E-state index in [4.69, 9.17) is 5.73 Å². The van der Waals surface area contributed by atoms with Gasteiger partial charge in [0.05, 0.1) is 17.1 Å². The van der Waals surface area contributed by atoms with Gasteiger partial charge in [-0.05, 0) is 19.3 Å². The normalized spacial score (nSPS) is 23.8. The third-order valence-electron chi connectivity index (χ3n) is 3.44. The van der Waals surface area contributed by atoms with Gasteiger partial charge in [-0.3, -0.25) is 10.1 Å². The highest BCUT2D eigenvalue weighted by Gasteiger charge is 2.35. The van der Waals surface area contributed by atoms with E-state index in [1.54, 1.807) is 0 Å². The van der Waals surface area contributed by atoms with Crippen LogP contribution in [-0.2, 0) is 0 Å². The van der Waals surface area contributed by atoms with Gasteiger partial charge in [0.2, 0.25) is 5.82 Å². The Bertz CT molecular complexity index is 469. The number of aliphatic hydroxyl groups is 1. The van der Waals surface area contributed by atoms with Gasteiger partial charge in [-0.2, -0.15) is 5.10 Å². The minimum atomic E-state index is -0.521. The number of nitrogens with two attached hydrogens (primary N) is 1. The summed E-state index contributed by atoms with van der Waals surface area (Å²) in [4.78, 5) is 10.6. The Kier molecular flexibility index (Phi) is 3.25. The molecule has 3 N–H and O–H groups in total. The number of rotatable bonds is 3. The maximum absolute atomic E-state index is 11.1. The Balaban J connectivity index is 2.49. The van der Waals surface area contributed by atoms with Gasteiger partial charge >= 0.3 is 5.69 Å². The van der Waals surface area contributed by atoms with Gasteiger partial charge in [0, 0.05) is 5.92 Å². The number of anilines is 1. The quantitative estimate of drug-likeness (QED) is 0.629. The summed E-state index contributed by atoms with van der Waals surface area (Å²) >= 11 is 0. The van der Waals surface area contributed by atoms with Gasteiger partial charge in [-0.25, -0.2) is 4.68 Å². The molecule has 7 nitrogen and oxygen atoms in total. The summed E-state index contributed by atoms with van der Waals surface area (Å²) in [5.74, 6) is -0.0258. The third-order valence-corrected chi connectivity index (χ3v) is 3.44. The number of aromatic nitrogens is 2. The monoisotopic (exact) mass is 254 g/mol. The van der Waals surface area contributed by atoms with Crippen molar-refractivity contribution < 1.29 is 10.0 Å². The second kappa shape index (κ2) is 4.56. The molecule has 7 heteroatoms. The van der Waals surface area contributed by atoms with E-state index in [1.165, 1.54) is 4.68 Å². The van der Waals surface area contributed by atoms with E-state index >= 15 is 0 Å². The number of hydrogen-bond acceptors (Lipinski definition) is 5. The van der Waals surface area contributed by atoms with Crippen LogP contribution in [0.15, 0.2) is 0 Å². The van der Waals surface area contributed by atoms with Crippen molar-refractivity contribution in [2.75, 3.05) is 5.73 Å². The summed E-state index contributed by atoms with van der Waals surface area (Å²) in [6.07, 6.45) is 1.80. The first-order valence-electron chi connectivity index (χ1n) is 6.13. The van der Waals surface area contributed by atoms with Gasteiger partial charge in [0.1, 0.15) is 5.69 Å². The number of hydrogen-bond donors (Lipinski definition) is 2. The molecule has 1 fully saturated rings. The molecule has 1 aliphatic rings. The van der Waals surface area contributed by atoms with Gasteiger partial charge in [0.15, 0.2) is 0 Å². The predicted octanol–water partition coefficient (Wildman–Crippen LogP) is 1.58. The lowest BCUT2D eigenvalue weighted by Crippen LogP contribution is -2.21. The topological polar surface area (TPSA) is 107 Å². The van der Waals surface area contributed by atoms with Crippen LogP contribution in [0.1, 0.15) is 50.8 Å². The molecule has 18 heavy (non-hydrogen) atoms. The van der Waals surface area contributed by atoms with E-state index in [0.717, 1.165) is 12.8 Å². The zero-order valence-electron chi connectivity index (χ0n) is 10.5. The predicted molar refractivity (Wildman–Crippen MR) is 66.3 cm³/mol. The van der Waals surface area contributed by atoms with Crippen LogP contribution in [-0.4, -0.2) is 25.9 Å². The van der Waals surface area contributed by atoms with Gasteiger partial charge in [-0.1, -0.05) is 13.8 Å². The average Bonchev–Trinajstić information content (AvgIpc) is 2.81. The van der Waals surface area contributed by atoms with Crippen LogP contribution in [0.2, 0.25) is 0 Å². The first-order valence-corrected chi connectivity index (χ1v) is 6.13. The second-order valence-corrected chi connectivity index (χ2v) is 5.04. The molecule has 0 radical (unpaired) electrons. The lowest BCUT2D eigenvalue weighted by atomic mass is 10.1. The van der Waals surface area contributed by atoms with Crippen molar-refractivity contribution in [3.8, 4) is 0 Å². The second-order valence-electron chi connectivity index (χ2n) is 5.04. The summed E-state index contributed by atoms with van der Waals surface area (Å²) in [5.41, 5.74) is 6.10. The van der Waals surface area contributed by atoms with Gasteiger partial charge < -0.3 is 10.8 Å². The molecular formula is C11H18N4O3. The van der Waals surface area contributed by atoms with Crippen molar-refractivity contribution in [3.63, 3.8) is 0 Å². The van der Waals surface area contributed by atoms with Crippen LogP contribution in [0.3, 0.4) is 0 Å². The lowest BCUT2D eigenvalue weighted by Gasteiger charge is -2.15. The molecule has 0 spiro atoms. The van der Waals surface area contributed by atoms with Crippen molar-refractivity contribution in [1.29, 1.82) is 0 Å². The minimum Gasteiger partial charge on any atom is -0.391 e. The van der Waals surface area contributed by atoms with E-state index in [-0.39, 0.29) is 23.5 Å². The highest BCUT2D eigenvalue weighted by Crippen LogP contribution is 2.37. The fraction of sp³-hybridized carbons (Fsp3) is 0.727. The number of nitrogens with zero attached hydrogens (tertiary/aromatic N) is 3. The molecule has 1 saturated carbocycles. The molecule has 1 aromatic rings. The molecule has 0 aromatic carbocycles. The molecule has 2 rings (SSSR count). The molecule has 1 aromatic heterocycles. The maximum atomic E-state index is 11.1. The van der Waals surface area contributed by atoms with Crippen molar-refractivity contribution in [3.05, 3.63) is 15.8 Å². The van der Waals surface area contributed by atoms with Crippen molar-refractivity contribution in [2.24, 2.45) is 0 Å². The maximum Gasteiger partial charge on any atom is 0.334 e. The van der Waals surface area contributed by atoms with Crippen LogP contribution in [0.25, 0.3) is 0 Å². The van der Waals surface area contributed by atoms with Gasteiger partial charge in [0.25, 0.3) is 0 Å². The zero-order valence-corrected chi connectivity index (χ0v) is 10.5. The fourth-order valence-electron chi connectivity index (χ4n) is 2.49. The Morgan fingerprint density at radius 1 is 1.56 bits per heavy atom. The highest BCUT2D eigenvalue weighted by atomic mass is 16.6. The fourth-order valence-corrected chi connectivity index (χ4v) is 2.49. The van der Waals surface area contributed by atoms with E-state index in [2.05, 4.69) is 5.10 Å². The first kappa shape index (κ1) is 12.8. The Hall–Kier alpha value is -1.63. The largest absolute Gasteiger partial charge is 0.391 e. The molecule has 0 bridgehead atoms. The van der Waals surface area contributed by atoms with Crippen molar-refractivity contribution >= 4 is 11.5 Å². The summed E-state index contributed by atoms with van der Waals surface area (Å²) in [5, 5.41) is 25.2. The van der Waals surface area contributed by atoms with E-state index in [0.29, 0.717) is 12.1 Å². The minimum absolute atomic E-state index is 0.0506. The average molecular weight is 254 g/mol. The molecule has 0 saturated heterocycles. The smallest absolute Gasteiger partial charge is 0.334 e. The summed E-state index contributed by atoms with van der Waals surface area (Å²) in [6.45, 7) is 3.67. The number of nitrogen functional groups attached to an aromatic ring is 1. The molecule has 0 aliphatic heterocycles. The van der Waals surface area contributed by atoms with Crippen LogP contribution < -0.4 is 5.73 Å². The molecular weight excluding hydrogens is 236 g/mol. The SMILES string of the molecule is CC(C)c1nn(C2CCCC2O)c(N)c1[N+](=O)[O-].